The van der Waals surface area contributed by atoms with E-state index in [1.54, 1.807) is 0 Å². The fraction of sp³-hybridized carbons (Fsp3) is 1.00. The molecule has 0 aromatic rings. The highest BCUT2D eigenvalue weighted by molar-refractivity contribution is 5.03. The summed E-state index contributed by atoms with van der Waals surface area (Å²) < 4.78 is 0. The van der Waals surface area contributed by atoms with E-state index >= 15 is 0 Å². The van der Waals surface area contributed by atoms with Crippen molar-refractivity contribution in [3.8, 4) is 0 Å². The first-order chi connectivity index (χ1) is 8.27. The molecule has 0 amide bonds. The number of nitrogens with two attached hydrogens (primary N) is 1. The van der Waals surface area contributed by atoms with Crippen LogP contribution in [0.25, 0.3) is 0 Å². The summed E-state index contributed by atoms with van der Waals surface area (Å²) in [6, 6.07) is 0.518. The van der Waals surface area contributed by atoms with Gasteiger partial charge >= 0.3 is 0 Å². The third-order valence-corrected chi connectivity index (χ3v) is 5.37. The van der Waals surface area contributed by atoms with Gasteiger partial charge in [0.2, 0.25) is 0 Å². The first-order valence-electron chi connectivity index (χ1n) is 8.03. The fourth-order valence-corrected chi connectivity index (χ4v) is 4.21. The van der Waals surface area contributed by atoms with E-state index in [9.17, 15) is 0 Å². The Morgan fingerprint density at radius 1 is 1.12 bits per heavy atom. The summed E-state index contributed by atoms with van der Waals surface area (Å²) in [4.78, 5) is 0. The maximum absolute atomic E-state index is 6.49. The van der Waals surface area contributed by atoms with Crippen LogP contribution in [0.4, 0.5) is 0 Å². The van der Waals surface area contributed by atoms with Gasteiger partial charge in [0.05, 0.1) is 0 Å². The van der Waals surface area contributed by atoms with E-state index in [1.165, 1.54) is 57.8 Å². The van der Waals surface area contributed by atoms with Gasteiger partial charge in [0.1, 0.15) is 0 Å². The topological polar surface area (TPSA) is 26.0 Å². The molecule has 2 aliphatic rings. The first-order valence-corrected chi connectivity index (χ1v) is 8.03. The van der Waals surface area contributed by atoms with Crippen LogP contribution in [-0.4, -0.2) is 6.04 Å². The van der Waals surface area contributed by atoms with Crippen molar-refractivity contribution in [2.45, 2.75) is 77.7 Å². The van der Waals surface area contributed by atoms with Crippen LogP contribution in [0.1, 0.15) is 71.6 Å². The summed E-state index contributed by atoms with van der Waals surface area (Å²) in [5.41, 5.74) is 6.49. The van der Waals surface area contributed by atoms with E-state index in [4.69, 9.17) is 5.73 Å². The third-order valence-electron chi connectivity index (χ3n) is 5.37. The van der Waals surface area contributed by atoms with Gasteiger partial charge in [0.25, 0.3) is 0 Å². The van der Waals surface area contributed by atoms with Crippen LogP contribution in [0.3, 0.4) is 0 Å². The van der Waals surface area contributed by atoms with Crippen molar-refractivity contribution in [1.82, 2.24) is 0 Å². The quantitative estimate of drug-likeness (QED) is 0.699. The van der Waals surface area contributed by atoms with Crippen molar-refractivity contribution in [3.05, 3.63) is 0 Å². The highest BCUT2D eigenvalue weighted by Gasteiger charge is 2.53. The maximum atomic E-state index is 6.49. The van der Waals surface area contributed by atoms with E-state index in [1.807, 2.05) is 0 Å². The zero-order valence-electron chi connectivity index (χ0n) is 11.8. The van der Waals surface area contributed by atoms with Crippen LogP contribution >= 0.6 is 0 Å². The van der Waals surface area contributed by atoms with E-state index in [0.29, 0.717) is 6.04 Å². The molecule has 0 radical (unpaired) electrons. The highest BCUT2D eigenvalue weighted by atomic mass is 14.7. The molecule has 2 aliphatic carbocycles. The van der Waals surface area contributed by atoms with E-state index < -0.39 is 0 Å². The Balaban J connectivity index is 1.74. The monoisotopic (exact) mass is 237 g/mol. The minimum absolute atomic E-state index is 0.518. The Hall–Kier alpha value is -0.0400. The van der Waals surface area contributed by atoms with Gasteiger partial charge in [0.15, 0.2) is 0 Å². The van der Waals surface area contributed by atoms with Crippen molar-refractivity contribution < 1.29 is 0 Å². The molecule has 0 aromatic heterocycles. The Morgan fingerprint density at radius 2 is 1.76 bits per heavy atom. The molecule has 0 aromatic carbocycles. The Kier molecular flexibility index (Phi) is 4.90. The largest absolute Gasteiger partial charge is 0.327 e. The fourth-order valence-electron chi connectivity index (χ4n) is 4.21. The molecule has 0 bridgehead atoms. The SMILES string of the molecule is CCCCC(CC)CC(N)C1C2CCCCC21. The van der Waals surface area contributed by atoms with Gasteiger partial charge in [-0.2, -0.15) is 0 Å². The number of rotatable bonds is 7. The van der Waals surface area contributed by atoms with Gasteiger partial charge < -0.3 is 5.73 Å². The highest BCUT2D eigenvalue weighted by Crippen LogP contribution is 2.57. The van der Waals surface area contributed by atoms with Gasteiger partial charge in [-0.15, -0.1) is 0 Å². The minimum Gasteiger partial charge on any atom is -0.327 e. The lowest BCUT2D eigenvalue weighted by molar-refractivity contribution is 0.356. The van der Waals surface area contributed by atoms with E-state index in [2.05, 4.69) is 13.8 Å². The van der Waals surface area contributed by atoms with Crippen LogP contribution in [0, 0.1) is 23.7 Å². The predicted molar refractivity (Wildman–Crippen MR) is 74.8 cm³/mol. The van der Waals surface area contributed by atoms with E-state index in [0.717, 1.165) is 23.7 Å². The van der Waals surface area contributed by atoms with Crippen molar-refractivity contribution in [2.75, 3.05) is 0 Å². The van der Waals surface area contributed by atoms with Crippen molar-refractivity contribution in [3.63, 3.8) is 0 Å². The zero-order chi connectivity index (χ0) is 12.3. The average Bonchev–Trinajstić information content (AvgIpc) is 3.08. The van der Waals surface area contributed by atoms with Gasteiger partial charge in [-0.25, -0.2) is 0 Å². The van der Waals surface area contributed by atoms with Crippen molar-refractivity contribution >= 4 is 0 Å². The van der Waals surface area contributed by atoms with Crippen LogP contribution < -0.4 is 5.73 Å². The summed E-state index contributed by atoms with van der Waals surface area (Å²) >= 11 is 0. The van der Waals surface area contributed by atoms with Crippen LogP contribution in [0.15, 0.2) is 0 Å². The summed E-state index contributed by atoms with van der Waals surface area (Å²) in [6.07, 6.45) is 12.7. The number of hydrogen-bond acceptors (Lipinski definition) is 1. The number of hydrogen-bond donors (Lipinski definition) is 1. The molecule has 17 heavy (non-hydrogen) atoms. The molecule has 4 atom stereocenters. The maximum Gasteiger partial charge on any atom is 0.00753 e. The molecule has 0 aliphatic heterocycles. The molecule has 2 rings (SSSR count). The second-order valence-corrected chi connectivity index (χ2v) is 6.51. The lowest BCUT2D eigenvalue weighted by atomic mass is 9.90. The second kappa shape index (κ2) is 6.22. The lowest BCUT2D eigenvalue weighted by Gasteiger charge is -2.20. The Morgan fingerprint density at radius 3 is 2.29 bits per heavy atom. The molecule has 0 saturated heterocycles. The molecular weight excluding hydrogens is 206 g/mol. The normalized spacial score (nSPS) is 35.1. The summed E-state index contributed by atoms with van der Waals surface area (Å²) in [5.74, 6) is 3.87. The Bertz CT molecular complexity index is 214. The number of fused-ring (bicyclic) bond motifs is 1. The lowest BCUT2D eigenvalue weighted by Crippen LogP contribution is -2.27. The third kappa shape index (κ3) is 3.24. The second-order valence-electron chi connectivity index (χ2n) is 6.51. The van der Waals surface area contributed by atoms with E-state index in [-0.39, 0.29) is 0 Å². The van der Waals surface area contributed by atoms with Crippen LogP contribution in [0.5, 0.6) is 0 Å². The smallest absolute Gasteiger partial charge is 0.00753 e. The van der Waals surface area contributed by atoms with Gasteiger partial charge in [-0.3, -0.25) is 0 Å². The van der Waals surface area contributed by atoms with Crippen molar-refractivity contribution in [2.24, 2.45) is 29.4 Å². The van der Waals surface area contributed by atoms with Crippen LogP contribution in [0.2, 0.25) is 0 Å². The molecule has 2 saturated carbocycles. The molecule has 2 N–H and O–H groups in total. The number of unbranched alkanes of at least 4 members (excludes halogenated alkanes) is 1. The summed E-state index contributed by atoms with van der Waals surface area (Å²) in [7, 11) is 0. The predicted octanol–water partition coefficient (Wildman–Crippen LogP) is 4.36. The van der Waals surface area contributed by atoms with Crippen molar-refractivity contribution in [1.29, 1.82) is 0 Å². The molecular formula is C16H31N. The summed E-state index contributed by atoms with van der Waals surface area (Å²) in [6.45, 7) is 4.63. The molecule has 0 spiro atoms. The van der Waals surface area contributed by atoms with Gasteiger partial charge in [0, 0.05) is 6.04 Å². The molecule has 100 valence electrons. The summed E-state index contributed by atoms with van der Waals surface area (Å²) in [5, 5.41) is 0. The molecule has 1 heteroatoms. The molecule has 0 heterocycles. The zero-order valence-corrected chi connectivity index (χ0v) is 11.8. The molecule has 4 unspecified atom stereocenters. The Labute approximate surface area is 108 Å². The van der Waals surface area contributed by atoms with Gasteiger partial charge in [-0.05, 0) is 42.9 Å². The van der Waals surface area contributed by atoms with Crippen LogP contribution in [-0.2, 0) is 0 Å². The average molecular weight is 237 g/mol. The first kappa shape index (κ1) is 13.4. The van der Waals surface area contributed by atoms with Gasteiger partial charge in [-0.1, -0.05) is 52.4 Å². The molecule has 1 nitrogen and oxygen atoms in total. The minimum atomic E-state index is 0.518. The standard InChI is InChI=1S/C16H31N/c1-3-5-8-12(4-2)11-15(17)16-13-9-6-7-10-14(13)16/h12-16H,3-11,17H2,1-2H3. The molecule has 2 fully saturated rings.